The third-order valence-electron chi connectivity index (χ3n) is 3.98. The number of hydrogen-bond acceptors (Lipinski definition) is 5. The SMILES string of the molecule is O=C(CSc1n[nH]c(=O)c2cc(-c3ccc(F)cc3)nn12)Nc1ccc(F)cc1. The molecule has 0 aliphatic carbocycles. The lowest BCUT2D eigenvalue weighted by atomic mass is 10.1. The van der Waals surface area contributed by atoms with Crippen LogP contribution in [0.5, 0.6) is 0 Å². The van der Waals surface area contributed by atoms with E-state index in [1.165, 1.54) is 40.9 Å². The van der Waals surface area contributed by atoms with Crippen LogP contribution in [0.1, 0.15) is 0 Å². The van der Waals surface area contributed by atoms with E-state index in [4.69, 9.17) is 0 Å². The molecule has 0 atom stereocenters. The molecule has 4 aromatic rings. The zero-order valence-electron chi connectivity index (χ0n) is 14.7. The summed E-state index contributed by atoms with van der Waals surface area (Å²) in [6.45, 7) is 0. The Morgan fingerprint density at radius 3 is 2.41 bits per heavy atom. The molecule has 7 nitrogen and oxygen atoms in total. The van der Waals surface area contributed by atoms with Gasteiger partial charge < -0.3 is 5.32 Å². The minimum Gasteiger partial charge on any atom is -0.325 e. The molecule has 146 valence electrons. The summed E-state index contributed by atoms with van der Waals surface area (Å²) in [5.41, 5.74) is 1.39. The fraction of sp³-hybridized carbons (Fsp3) is 0.0526. The molecule has 0 unspecified atom stereocenters. The van der Waals surface area contributed by atoms with E-state index in [2.05, 4.69) is 20.6 Å². The molecule has 0 saturated carbocycles. The van der Waals surface area contributed by atoms with E-state index in [0.29, 0.717) is 22.1 Å². The van der Waals surface area contributed by atoms with E-state index >= 15 is 0 Å². The number of benzene rings is 2. The summed E-state index contributed by atoms with van der Waals surface area (Å²) in [6.07, 6.45) is 0. The number of hydrogen-bond donors (Lipinski definition) is 2. The van der Waals surface area contributed by atoms with Crippen molar-refractivity contribution in [2.75, 3.05) is 11.1 Å². The van der Waals surface area contributed by atoms with Gasteiger partial charge in [0.2, 0.25) is 11.1 Å². The Kier molecular flexibility index (Phi) is 5.09. The molecule has 29 heavy (non-hydrogen) atoms. The van der Waals surface area contributed by atoms with Gasteiger partial charge in [0.15, 0.2) is 0 Å². The molecule has 0 bridgehead atoms. The van der Waals surface area contributed by atoms with E-state index in [9.17, 15) is 18.4 Å². The number of thioether (sulfide) groups is 1. The summed E-state index contributed by atoms with van der Waals surface area (Å²) in [7, 11) is 0. The molecule has 0 radical (unpaired) electrons. The number of fused-ring (bicyclic) bond motifs is 1. The van der Waals surface area contributed by atoms with Crippen molar-refractivity contribution in [3.63, 3.8) is 0 Å². The van der Waals surface area contributed by atoms with Gasteiger partial charge in [0, 0.05) is 11.3 Å². The van der Waals surface area contributed by atoms with Crippen LogP contribution in [0.3, 0.4) is 0 Å². The zero-order valence-corrected chi connectivity index (χ0v) is 15.5. The molecule has 2 aromatic heterocycles. The highest BCUT2D eigenvalue weighted by atomic mass is 32.2. The quantitative estimate of drug-likeness (QED) is 0.491. The van der Waals surface area contributed by atoms with Crippen LogP contribution in [0.25, 0.3) is 16.8 Å². The lowest BCUT2D eigenvalue weighted by molar-refractivity contribution is -0.113. The van der Waals surface area contributed by atoms with Crippen molar-refractivity contribution >= 4 is 28.9 Å². The summed E-state index contributed by atoms with van der Waals surface area (Å²) in [4.78, 5) is 24.2. The Balaban J connectivity index is 1.55. The molecule has 10 heteroatoms. The third kappa shape index (κ3) is 4.16. The molecule has 2 N–H and O–H groups in total. The molecule has 4 rings (SSSR count). The first-order valence-corrected chi connectivity index (χ1v) is 9.41. The fourth-order valence-corrected chi connectivity index (χ4v) is 3.31. The summed E-state index contributed by atoms with van der Waals surface area (Å²) in [5, 5.41) is 13.6. The molecule has 2 aromatic carbocycles. The van der Waals surface area contributed by atoms with Crippen molar-refractivity contribution in [3.05, 3.63) is 76.6 Å². The lowest BCUT2D eigenvalue weighted by Crippen LogP contribution is -2.17. The summed E-state index contributed by atoms with van der Waals surface area (Å²) < 4.78 is 27.4. The highest BCUT2D eigenvalue weighted by molar-refractivity contribution is 7.99. The van der Waals surface area contributed by atoms with Crippen LogP contribution in [0.4, 0.5) is 14.5 Å². The molecular formula is C19H13F2N5O2S. The molecule has 0 aliphatic heterocycles. The standard InChI is InChI=1S/C19H13F2N5O2S/c20-12-3-1-11(2-4-12)15-9-16-18(28)23-24-19(26(16)25-15)29-10-17(27)22-14-7-5-13(21)6-8-14/h1-9H,10H2,(H,22,27)(H,23,28). The molecule has 2 heterocycles. The molecule has 0 spiro atoms. The van der Waals surface area contributed by atoms with Gasteiger partial charge in [-0.05, 0) is 54.6 Å². The van der Waals surface area contributed by atoms with E-state index in [0.717, 1.165) is 11.8 Å². The Labute approximate surface area is 166 Å². The molecule has 0 saturated heterocycles. The van der Waals surface area contributed by atoms with E-state index in [1.54, 1.807) is 18.2 Å². The molecule has 0 aliphatic rings. The van der Waals surface area contributed by atoms with E-state index in [-0.39, 0.29) is 23.0 Å². The number of aromatic nitrogens is 4. The van der Waals surface area contributed by atoms with Crippen LogP contribution < -0.4 is 10.9 Å². The van der Waals surface area contributed by atoms with Crippen molar-refractivity contribution in [3.8, 4) is 11.3 Å². The van der Waals surface area contributed by atoms with Gasteiger partial charge in [-0.25, -0.2) is 18.4 Å². The summed E-state index contributed by atoms with van der Waals surface area (Å²) in [6, 6.07) is 12.7. The number of rotatable bonds is 5. The number of nitrogens with one attached hydrogen (secondary N) is 2. The number of amides is 1. The fourth-order valence-electron chi connectivity index (χ4n) is 2.61. The maximum Gasteiger partial charge on any atom is 0.290 e. The van der Waals surface area contributed by atoms with Gasteiger partial charge in [0.05, 0.1) is 11.4 Å². The first-order valence-electron chi connectivity index (χ1n) is 8.42. The van der Waals surface area contributed by atoms with Gasteiger partial charge in [-0.15, -0.1) is 5.10 Å². The lowest BCUT2D eigenvalue weighted by Gasteiger charge is -2.05. The highest BCUT2D eigenvalue weighted by Gasteiger charge is 2.14. The van der Waals surface area contributed by atoms with Crippen LogP contribution in [0.15, 0.2) is 64.5 Å². The van der Waals surface area contributed by atoms with Gasteiger partial charge in [-0.2, -0.15) is 5.10 Å². The monoisotopic (exact) mass is 413 g/mol. The number of H-pyrrole nitrogens is 1. The Morgan fingerprint density at radius 2 is 1.72 bits per heavy atom. The Bertz CT molecular complexity index is 1240. The van der Waals surface area contributed by atoms with E-state index < -0.39 is 11.4 Å². The smallest absolute Gasteiger partial charge is 0.290 e. The average molecular weight is 413 g/mol. The highest BCUT2D eigenvalue weighted by Crippen LogP contribution is 2.22. The van der Waals surface area contributed by atoms with Gasteiger partial charge >= 0.3 is 0 Å². The maximum absolute atomic E-state index is 13.1. The number of halogens is 2. The second-order valence-corrected chi connectivity index (χ2v) is 6.96. The van der Waals surface area contributed by atoms with Crippen LogP contribution in [0, 0.1) is 11.6 Å². The second kappa shape index (κ2) is 7.84. The van der Waals surface area contributed by atoms with Crippen molar-refractivity contribution in [1.29, 1.82) is 0 Å². The topological polar surface area (TPSA) is 92.2 Å². The summed E-state index contributed by atoms with van der Waals surface area (Å²) >= 11 is 1.07. The Hall–Kier alpha value is -3.53. The van der Waals surface area contributed by atoms with Crippen LogP contribution in [0.2, 0.25) is 0 Å². The third-order valence-corrected chi connectivity index (χ3v) is 4.91. The first-order chi connectivity index (χ1) is 14.0. The number of carbonyl (C=O) groups is 1. The molecule has 1 amide bonds. The molecular weight excluding hydrogens is 400 g/mol. The second-order valence-electron chi connectivity index (χ2n) is 6.01. The number of nitrogens with zero attached hydrogens (tertiary/aromatic N) is 3. The van der Waals surface area contributed by atoms with Crippen molar-refractivity contribution in [2.45, 2.75) is 5.16 Å². The van der Waals surface area contributed by atoms with Gasteiger partial charge in [-0.3, -0.25) is 9.59 Å². The normalized spacial score (nSPS) is 11.0. The molecule has 0 fully saturated rings. The van der Waals surface area contributed by atoms with Crippen molar-refractivity contribution < 1.29 is 13.6 Å². The van der Waals surface area contributed by atoms with Crippen molar-refractivity contribution in [1.82, 2.24) is 19.8 Å². The van der Waals surface area contributed by atoms with Gasteiger partial charge in [0.25, 0.3) is 5.56 Å². The minimum absolute atomic E-state index is 0.00272. The number of aromatic amines is 1. The Morgan fingerprint density at radius 1 is 1.07 bits per heavy atom. The van der Waals surface area contributed by atoms with Crippen molar-refractivity contribution in [2.24, 2.45) is 0 Å². The summed E-state index contributed by atoms with van der Waals surface area (Å²) in [5.74, 6) is -1.10. The van der Waals surface area contributed by atoms with E-state index in [1.807, 2.05) is 0 Å². The van der Waals surface area contributed by atoms with Gasteiger partial charge in [0.1, 0.15) is 17.2 Å². The largest absolute Gasteiger partial charge is 0.325 e. The zero-order chi connectivity index (χ0) is 20.4. The average Bonchev–Trinajstić information content (AvgIpc) is 3.16. The predicted molar refractivity (Wildman–Crippen MR) is 105 cm³/mol. The van der Waals surface area contributed by atoms with Gasteiger partial charge in [-0.1, -0.05) is 11.8 Å². The number of carbonyl (C=O) groups excluding carboxylic acids is 1. The minimum atomic E-state index is -0.439. The van der Waals surface area contributed by atoms with Crippen LogP contribution in [-0.2, 0) is 4.79 Å². The number of anilines is 1. The first kappa shape index (κ1) is 18.8. The van der Waals surface area contributed by atoms with Crippen LogP contribution in [-0.4, -0.2) is 31.5 Å². The van der Waals surface area contributed by atoms with Crippen LogP contribution >= 0.6 is 11.8 Å². The maximum atomic E-state index is 13.1. The predicted octanol–water partition coefficient (Wildman–Crippen LogP) is 3.09.